The Morgan fingerprint density at radius 3 is 3.00 bits per heavy atom. The second-order valence-corrected chi connectivity index (χ2v) is 4.44. The molecular weight excluding hydrogens is 199 g/mol. The van der Waals surface area contributed by atoms with Gasteiger partial charge < -0.3 is 4.74 Å². The van der Waals surface area contributed by atoms with E-state index in [1.807, 2.05) is 12.1 Å². The Bertz CT molecular complexity index is 297. The minimum absolute atomic E-state index is 0.129. The largest absolute Gasteiger partial charge is 0.377 e. The number of thioether (sulfide) groups is 1. The molecule has 0 aliphatic carbocycles. The van der Waals surface area contributed by atoms with Crippen LogP contribution in [0.4, 0.5) is 4.39 Å². The second-order valence-electron chi connectivity index (χ2n) is 3.38. The first-order chi connectivity index (χ1) is 6.86. The average Bonchev–Trinajstić information content (AvgIpc) is 2.69. The molecule has 3 heteroatoms. The van der Waals surface area contributed by atoms with Crippen LogP contribution in [0.2, 0.25) is 0 Å². The van der Waals surface area contributed by atoms with Gasteiger partial charge in [-0.25, -0.2) is 4.39 Å². The van der Waals surface area contributed by atoms with Gasteiger partial charge in [0.05, 0.1) is 6.10 Å². The van der Waals surface area contributed by atoms with Crippen LogP contribution in [0.5, 0.6) is 0 Å². The molecule has 76 valence electrons. The van der Waals surface area contributed by atoms with E-state index in [0.717, 1.165) is 30.1 Å². The van der Waals surface area contributed by atoms with E-state index in [4.69, 9.17) is 4.74 Å². The number of rotatable bonds is 3. The minimum Gasteiger partial charge on any atom is -0.377 e. The summed E-state index contributed by atoms with van der Waals surface area (Å²) in [7, 11) is 0. The zero-order chi connectivity index (χ0) is 9.80. The van der Waals surface area contributed by atoms with Crippen molar-refractivity contribution in [3.63, 3.8) is 0 Å². The first kappa shape index (κ1) is 9.99. The molecule has 0 radical (unpaired) electrons. The van der Waals surface area contributed by atoms with E-state index in [-0.39, 0.29) is 5.82 Å². The zero-order valence-corrected chi connectivity index (χ0v) is 8.73. The predicted molar refractivity (Wildman–Crippen MR) is 56.1 cm³/mol. The Morgan fingerprint density at radius 2 is 2.29 bits per heavy atom. The van der Waals surface area contributed by atoms with Gasteiger partial charge in [0.25, 0.3) is 0 Å². The van der Waals surface area contributed by atoms with Gasteiger partial charge in [-0.2, -0.15) is 0 Å². The Morgan fingerprint density at radius 1 is 1.43 bits per heavy atom. The molecule has 0 amide bonds. The molecule has 0 saturated carbocycles. The van der Waals surface area contributed by atoms with Crippen molar-refractivity contribution in [2.45, 2.75) is 23.8 Å². The molecule has 14 heavy (non-hydrogen) atoms. The van der Waals surface area contributed by atoms with Crippen molar-refractivity contribution < 1.29 is 9.13 Å². The van der Waals surface area contributed by atoms with E-state index in [1.165, 1.54) is 6.07 Å². The summed E-state index contributed by atoms with van der Waals surface area (Å²) in [5, 5.41) is 0. The smallest absolute Gasteiger partial charge is 0.136 e. The van der Waals surface area contributed by atoms with Gasteiger partial charge in [0.1, 0.15) is 5.82 Å². The van der Waals surface area contributed by atoms with E-state index in [1.54, 1.807) is 17.8 Å². The van der Waals surface area contributed by atoms with Gasteiger partial charge >= 0.3 is 0 Å². The van der Waals surface area contributed by atoms with Crippen LogP contribution >= 0.6 is 11.8 Å². The first-order valence-corrected chi connectivity index (χ1v) is 5.84. The van der Waals surface area contributed by atoms with Gasteiger partial charge in [0, 0.05) is 17.3 Å². The Balaban J connectivity index is 1.88. The fraction of sp³-hybridized carbons (Fsp3) is 0.455. The van der Waals surface area contributed by atoms with Crippen LogP contribution in [0.1, 0.15) is 12.8 Å². The van der Waals surface area contributed by atoms with Crippen molar-refractivity contribution in [3.8, 4) is 0 Å². The third-order valence-corrected chi connectivity index (χ3v) is 3.47. The van der Waals surface area contributed by atoms with E-state index in [2.05, 4.69) is 0 Å². The quantitative estimate of drug-likeness (QED) is 0.712. The molecule has 1 nitrogen and oxygen atoms in total. The highest BCUT2D eigenvalue weighted by Gasteiger charge is 2.16. The van der Waals surface area contributed by atoms with Crippen LogP contribution in [0.15, 0.2) is 29.2 Å². The van der Waals surface area contributed by atoms with Crippen LogP contribution in [-0.2, 0) is 4.74 Å². The van der Waals surface area contributed by atoms with Gasteiger partial charge in [-0.3, -0.25) is 0 Å². The van der Waals surface area contributed by atoms with Gasteiger partial charge in [0.15, 0.2) is 0 Å². The summed E-state index contributed by atoms with van der Waals surface area (Å²) in [4.78, 5) is 0.725. The van der Waals surface area contributed by atoms with Crippen LogP contribution in [0.3, 0.4) is 0 Å². The fourth-order valence-electron chi connectivity index (χ4n) is 1.52. The number of ether oxygens (including phenoxy) is 1. The lowest BCUT2D eigenvalue weighted by Gasteiger charge is -2.08. The van der Waals surface area contributed by atoms with Crippen molar-refractivity contribution >= 4 is 11.8 Å². The fourth-order valence-corrected chi connectivity index (χ4v) is 2.53. The number of benzene rings is 1. The molecule has 1 unspecified atom stereocenters. The maximum atomic E-state index is 13.2. The Kier molecular flexibility index (Phi) is 3.43. The summed E-state index contributed by atoms with van der Waals surface area (Å²) in [6, 6.07) is 6.89. The minimum atomic E-state index is -0.129. The van der Waals surface area contributed by atoms with Gasteiger partial charge in [0.2, 0.25) is 0 Å². The molecule has 1 atom stereocenters. The molecule has 1 fully saturated rings. The van der Waals surface area contributed by atoms with Crippen LogP contribution in [0, 0.1) is 5.82 Å². The molecule has 1 aliphatic heterocycles. The molecule has 0 aromatic heterocycles. The lowest BCUT2D eigenvalue weighted by molar-refractivity contribution is 0.129. The monoisotopic (exact) mass is 212 g/mol. The van der Waals surface area contributed by atoms with Gasteiger partial charge in [-0.15, -0.1) is 11.8 Å². The molecule has 1 aromatic rings. The highest BCUT2D eigenvalue weighted by molar-refractivity contribution is 7.99. The van der Waals surface area contributed by atoms with Crippen molar-refractivity contribution in [2.24, 2.45) is 0 Å². The zero-order valence-electron chi connectivity index (χ0n) is 7.91. The highest BCUT2D eigenvalue weighted by atomic mass is 32.2. The van der Waals surface area contributed by atoms with Crippen LogP contribution in [0.25, 0.3) is 0 Å². The summed E-state index contributed by atoms with van der Waals surface area (Å²) in [5.41, 5.74) is 0. The van der Waals surface area contributed by atoms with Crippen LogP contribution in [-0.4, -0.2) is 18.5 Å². The normalized spacial score (nSPS) is 21.4. The number of hydrogen-bond donors (Lipinski definition) is 0. The summed E-state index contributed by atoms with van der Waals surface area (Å²) in [6.45, 7) is 0.864. The molecule has 2 rings (SSSR count). The van der Waals surface area contributed by atoms with Crippen LogP contribution < -0.4 is 0 Å². The summed E-state index contributed by atoms with van der Waals surface area (Å²) in [6.07, 6.45) is 2.57. The molecule has 1 aromatic carbocycles. The molecule has 1 aliphatic rings. The average molecular weight is 212 g/mol. The summed E-state index contributed by atoms with van der Waals surface area (Å²) < 4.78 is 18.7. The molecule has 1 heterocycles. The van der Waals surface area contributed by atoms with Crippen molar-refractivity contribution in [1.82, 2.24) is 0 Å². The highest BCUT2D eigenvalue weighted by Crippen LogP contribution is 2.25. The van der Waals surface area contributed by atoms with Crippen molar-refractivity contribution in [3.05, 3.63) is 30.1 Å². The van der Waals surface area contributed by atoms with E-state index in [0.29, 0.717) is 6.10 Å². The standard InChI is InChI=1S/C11H13FOS/c12-10-5-1-2-6-11(10)14-8-9-4-3-7-13-9/h1-2,5-6,9H,3-4,7-8H2. The second kappa shape index (κ2) is 4.80. The Hall–Kier alpha value is -0.540. The summed E-state index contributed by atoms with van der Waals surface area (Å²) >= 11 is 1.54. The van der Waals surface area contributed by atoms with Crippen molar-refractivity contribution in [1.29, 1.82) is 0 Å². The maximum Gasteiger partial charge on any atom is 0.136 e. The predicted octanol–water partition coefficient (Wildman–Crippen LogP) is 3.10. The number of halogens is 1. The maximum absolute atomic E-state index is 13.2. The third kappa shape index (κ3) is 2.49. The first-order valence-electron chi connectivity index (χ1n) is 4.85. The van der Waals surface area contributed by atoms with Crippen molar-refractivity contribution in [2.75, 3.05) is 12.4 Å². The van der Waals surface area contributed by atoms with Gasteiger partial charge in [-0.05, 0) is 25.0 Å². The summed E-state index contributed by atoms with van der Waals surface area (Å²) in [5.74, 6) is 0.733. The molecule has 0 N–H and O–H groups in total. The van der Waals surface area contributed by atoms with E-state index < -0.39 is 0 Å². The lowest BCUT2D eigenvalue weighted by Crippen LogP contribution is -2.07. The molecule has 0 bridgehead atoms. The van der Waals surface area contributed by atoms with E-state index >= 15 is 0 Å². The van der Waals surface area contributed by atoms with E-state index in [9.17, 15) is 4.39 Å². The molecule has 1 saturated heterocycles. The Labute approximate surface area is 87.7 Å². The molecule has 0 spiro atoms. The molecular formula is C11H13FOS. The third-order valence-electron chi connectivity index (χ3n) is 2.29. The lowest BCUT2D eigenvalue weighted by atomic mass is 10.3. The van der Waals surface area contributed by atoms with Gasteiger partial charge in [-0.1, -0.05) is 12.1 Å². The SMILES string of the molecule is Fc1ccccc1SCC1CCCO1. The topological polar surface area (TPSA) is 9.23 Å². The number of hydrogen-bond acceptors (Lipinski definition) is 2.